The highest BCUT2D eigenvalue weighted by Gasteiger charge is 2.18. The van der Waals surface area contributed by atoms with E-state index in [0.29, 0.717) is 15.6 Å². The molecule has 0 atom stereocenters. The first kappa shape index (κ1) is 12.5. The van der Waals surface area contributed by atoms with Gasteiger partial charge in [-0.2, -0.15) is 0 Å². The van der Waals surface area contributed by atoms with Crippen molar-refractivity contribution >= 4 is 29.0 Å². The monoisotopic (exact) mass is 244 g/mol. The van der Waals surface area contributed by atoms with Crippen LogP contribution in [0.5, 0.6) is 0 Å². The molecule has 0 spiro atoms. The molecule has 0 heterocycles. The first-order valence-electron chi connectivity index (χ1n) is 5.09. The van der Waals surface area contributed by atoms with E-state index in [1.165, 1.54) is 0 Å². The van der Waals surface area contributed by atoms with Crippen LogP contribution in [0, 0.1) is 5.92 Å². The van der Waals surface area contributed by atoms with E-state index >= 15 is 0 Å². The third-order valence-electron chi connectivity index (χ3n) is 2.55. The minimum absolute atomic E-state index is 0.0590. The molecule has 0 radical (unpaired) electrons. The van der Waals surface area contributed by atoms with E-state index in [9.17, 15) is 4.79 Å². The predicted octanol–water partition coefficient (Wildman–Crippen LogP) is 4.61. The summed E-state index contributed by atoms with van der Waals surface area (Å²) in [6.07, 6.45) is 1.68. The van der Waals surface area contributed by atoms with Crippen LogP contribution in [-0.4, -0.2) is 5.78 Å². The Hall–Kier alpha value is -0.530. The van der Waals surface area contributed by atoms with E-state index in [2.05, 4.69) is 0 Å². The van der Waals surface area contributed by atoms with Gasteiger partial charge in [-0.15, -0.1) is 0 Å². The van der Waals surface area contributed by atoms with Gasteiger partial charge in [-0.3, -0.25) is 4.79 Å². The summed E-state index contributed by atoms with van der Waals surface area (Å²) in [6.45, 7) is 4.02. The van der Waals surface area contributed by atoms with Crippen LogP contribution in [-0.2, 0) is 0 Å². The smallest absolute Gasteiger partial charge is 0.167 e. The molecule has 0 aliphatic heterocycles. The van der Waals surface area contributed by atoms with E-state index in [4.69, 9.17) is 23.2 Å². The molecule has 0 bridgehead atoms. The van der Waals surface area contributed by atoms with E-state index in [1.807, 2.05) is 13.8 Å². The third-order valence-corrected chi connectivity index (χ3v) is 3.10. The summed E-state index contributed by atoms with van der Waals surface area (Å²) in [4.78, 5) is 12.0. The minimum atomic E-state index is 0.0590. The summed E-state index contributed by atoms with van der Waals surface area (Å²) in [7, 11) is 0. The molecule has 0 saturated carbocycles. The van der Waals surface area contributed by atoms with Crippen LogP contribution in [0.15, 0.2) is 18.2 Å². The van der Waals surface area contributed by atoms with Crippen LogP contribution in [0.4, 0.5) is 0 Å². The molecule has 15 heavy (non-hydrogen) atoms. The lowest BCUT2D eigenvalue weighted by molar-refractivity contribution is 0.0913. The number of hydrogen-bond acceptors (Lipinski definition) is 1. The van der Waals surface area contributed by atoms with Gasteiger partial charge in [-0.05, 0) is 31.0 Å². The molecule has 0 aromatic heterocycles. The molecule has 0 aliphatic rings. The lowest BCUT2D eigenvalue weighted by atomic mass is 9.93. The summed E-state index contributed by atoms with van der Waals surface area (Å²) in [6, 6.07) is 5.01. The normalized spacial score (nSPS) is 10.7. The van der Waals surface area contributed by atoms with Crippen molar-refractivity contribution in [2.75, 3.05) is 0 Å². The van der Waals surface area contributed by atoms with E-state index in [0.717, 1.165) is 12.8 Å². The molecule has 0 fully saturated rings. The van der Waals surface area contributed by atoms with Gasteiger partial charge in [0, 0.05) is 16.5 Å². The van der Waals surface area contributed by atoms with Crippen molar-refractivity contribution in [3.05, 3.63) is 33.8 Å². The lowest BCUT2D eigenvalue weighted by Gasteiger charge is -2.12. The maximum absolute atomic E-state index is 12.0. The molecule has 0 amide bonds. The Labute approximate surface area is 100 Å². The quantitative estimate of drug-likeness (QED) is 0.708. The van der Waals surface area contributed by atoms with Crippen LogP contribution in [0.1, 0.15) is 37.0 Å². The topological polar surface area (TPSA) is 17.1 Å². The molecule has 3 heteroatoms. The Morgan fingerprint density at radius 2 is 1.87 bits per heavy atom. The van der Waals surface area contributed by atoms with Crippen molar-refractivity contribution in [3.8, 4) is 0 Å². The van der Waals surface area contributed by atoms with Crippen molar-refractivity contribution in [2.45, 2.75) is 26.7 Å². The largest absolute Gasteiger partial charge is 0.294 e. The fourth-order valence-electron chi connectivity index (χ4n) is 1.57. The molecular formula is C12H14Cl2O. The van der Waals surface area contributed by atoms with E-state index < -0.39 is 0 Å². The Kier molecular flexibility index (Phi) is 4.62. The van der Waals surface area contributed by atoms with Crippen LogP contribution < -0.4 is 0 Å². The number of benzene rings is 1. The Balaban J connectivity index is 3.00. The standard InChI is InChI=1S/C12H14Cl2O/c1-3-8(4-2)12(15)10-6-5-9(13)7-11(10)14/h5-8H,3-4H2,1-2H3. The molecule has 0 saturated heterocycles. The molecule has 0 aliphatic carbocycles. The van der Waals surface area contributed by atoms with Crippen molar-refractivity contribution < 1.29 is 4.79 Å². The number of ketones is 1. The number of halogens is 2. The molecular weight excluding hydrogens is 231 g/mol. The molecule has 1 aromatic rings. The van der Waals surface area contributed by atoms with Gasteiger partial charge in [-0.1, -0.05) is 37.0 Å². The van der Waals surface area contributed by atoms with Gasteiger partial charge in [0.05, 0.1) is 5.02 Å². The highest BCUT2D eigenvalue weighted by molar-refractivity contribution is 6.36. The van der Waals surface area contributed by atoms with Gasteiger partial charge in [0.1, 0.15) is 0 Å². The number of hydrogen-bond donors (Lipinski definition) is 0. The average molecular weight is 245 g/mol. The molecule has 1 nitrogen and oxygen atoms in total. The minimum Gasteiger partial charge on any atom is -0.294 e. The molecule has 0 N–H and O–H groups in total. The van der Waals surface area contributed by atoms with Crippen LogP contribution >= 0.6 is 23.2 Å². The number of carbonyl (C=O) groups excluding carboxylic acids is 1. The Bertz CT molecular complexity index is 357. The average Bonchev–Trinajstić information content (AvgIpc) is 2.19. The van der Waals surface area contributed by atoms with Crippen LogP contribution in [0.3, 0.4) is 0 Å². The van der Waals surface area contributed by atoms with Crippen molar-refractivity contribution in [2.24, 2.45) is 5.92 Å². The highest BCUT2D eigenvalue weighted by atomic mass is 35.5. The zero-order chi connectivity index (χ0) is 11.4. The van der Waals surface area contributed by atoms with Gasteiger partial charge in [-0.25, -0.2) is 0 Å². The maximum atomic E-state index is 12.0. The van der Waals surface area contributed by atoms with Gasteiger partial charge in [0.15, 0.2) is 5.78 Å². The van der Waals surface area contributed by atoms with Crippen LogP contribution in [0.25, 0.3) is 0 Å². The summed E-state index contributed by atoms with van der Waals surface area (Å²) in [5.74, 6) is 0.172. The summed E-state index contributed by atoms with van der Waals surface area (Å²) >= 11 is 11.8. The van der Waals surface area contributed by atoms with Gasteiger partial charge in [0.25, 0.3) is 0 Å². The predicted molar refractivity (Wildman–Crippen MR) is 64.9 cm³/mol. The second kappa shape index (κ2) is 5.53. The van der Waals surface area contributed by atoms with Crippen molar-refractivity contribution in [1.82, 2.24) is 0 Å². The first-order chi connectivity index (χ1) is 7.10. The third kappa shape index (κ3) is 2.96. The summed E-state index contributed by atoms with van der Waals surface area (Å²) in [5.41, 5.74) is 0.578. The van der Waals surface area contributed by atoms with E-state index in [1.54, 1.807) is 18.2 Å². The first-order valence-corrected chi connectivity index (χ1v) is 5.85. The second-order valence-electron chi connectivity index (χ2n) is 3.50. The molecule has 82 valence electrons. The number of Topliss-reactive ketones (excluding diaryl/α,β-unsaturated/α-hetero) is 1. The zero-order valence-electron chi connectivity index (χ0n) is 8.89. The molecule has 1 aromatic carbocycles. The Morgan fingerprint density at radius 1 is 1.27 bits per heavy atom. The molecule has 1 rings (SSSR count). The van der Waals surface area contributed by atoms with Crippen molar-refractivity contribution in [1.29, 1.82) is 0 Å². The fraction of sp³-hybridized carbons (Fsp3) is 0.417. The fourth-order valence-corrected chi connectivity index (χ4v) is 2.07. The van der Waals surface area contributed by atoms with Gasteiger partial charge < -0.3 is 0 Å². The zero-order valence-corrected chi connectivity index (χ0v) is 10.4. The van der Waals surface area contributed by atoms with Gasteiger partial charge in [0.2, 0.25) is 0 Å². The van der Waals surface area contributed by atoms with Crippen LogP contribution in [0.2, 0.25) is 10.0 Å². The van der Waals surface area contributed by atoms with Crippen molar-refractivity contribution in [3.63, 3.8) is 0 Å². The van der Waals surface area contributed by atoms with Gasteiger partial charge >= 0.3 is 0 Å². The molecule has 0 unspecified atom stereocenters. The summed E-state index contributed by atoms with van der Waals surface area (Å²) < 4.78 is 0. The summed E-state index contributed by atoms with van der Waals surface area (Å²) in [5, 5.41) is 1.00. The second-order valence-corrected chi connectivity index (χ2v) is 4.35. The Morgan fingerprint density at radius 3 is 2.33 bits per heavy atom. The SMILES string of the molecule is CCC(CC)C(=O)c1ccc(Cl)cc1Cl. The lowest BCUT2D eigenvalue weighted by Crippen LogP contribution is -2.13. The number of carbonyl (C=O) groups is 1. The highest BCUT2D eigenvalue weighted by Crippen LogP contribution is 2.25. The van der Waals surface area contributed by atoms with E-state index in [-0.39, 0.29) is 11.7 Å². The number of rotatable bonds is 4. The maximum Gasteiger partial charge on any atom is 0.167 e.